The number of rotatable bonds is 12. The Morgan fingerprint density at radius 1 is 1.00 bits per heavy atom. The van der Waals surface area contributed by atoms with Gasteiger partial charge in [-0.15, -0.1) is 0 Å². The maximum Gasteiger partial charge on any atom is 0.104 e. The van der Waals surface area contributed by atoms with E-state index in [0.717, 1.165) is 39.3 Å². The molecule has 2 rings (SSSR count). The highest BCUT2D eigenvalue weighted by molar-refractivity contribution is 4.71. The number of hydrogen-bond acceptors (Lipinski definition) is 5. The van der Waals surface area contributed by atoms with Gasteiger partial charge in [0.15, 0.2) is 0 Å². The van der Waals surface area contributed by atoms with Gasteiger partial charge >= 0.3 is 0 Å². The van der Waals surface area contributed by atoms with Gasteiger partial charge in [0.1, 0.15) is 12.2 Å². The highest BCUT2D eigenvalue weighted by Crippen LogP contribution is 2.12. The van der Waals surface area contributed by atoms with Crippen LogP contribution in [0.15, 0.2) is 0 Å². The van der Waals surface area contributed by atoms with Gasteiger partial charge in [-0.1, -0.05) is 39.0 Å². The molecule has 3 atom stereocenters. The molecule has 2 N–H and O–H groups in total. The van der Waals surface area contributed by atoms with E-state index in [-0.39, 0.29) is 12.7 Å². The van der Waals surface area contributed by atoms with Gasteiger partial charge in [-0.25, -0.2) is 0 Å². The molecule has 0 aromatic heterocycles. The van der Waals surface area contributed by atoms with Crippen molar-refractivity contribution >= 4 is 0 Å². The van der Waals surface area contributed by atoms with Crippen molar-refractivity contribution in [3.8, 4) is 0 Å². The minimum atomic E-state index is -0.281. The summed E-state index contributed by atoms with van der Waals surface area (Å²) < 4.78 is 15.1. The van der Waals surface area contributed by atoms with E-state index in [1.54, 1.807) is 0 Å². The van der Waals surface area contributed by atoms with E-state index >= 15 is 0 Å². The number of hydrogen-bond donors (Lipinski definition) is 2. The number of unbranched alkanes of at least 4 members (excludes halogenated alkanes) is 4. The summed E-state index contributed by atoms with van der Waals surface area (Å²) in [5.41, 5.74) is 0. The zero-order chi connectivity index (χ0) is 15.3. The molecule has 5 nitrogen and oxygen atoms in total. The van der Waals surface area contributed by atoms with Crippen LogP contribution in [0, 0.1) is 0 Å². The summed E-state index contributed by atoms with van der Waals surface area (Å²) >= 11 is 0. The molecule has 21 heavy (non-hydrogen) atoms. The van der Waals surface area contributed by atoms with Crippen molar-refractivity contribution in [2.45, 2.75) is 70.2 Å². The molecule has 0 saturated carbocycles. The van der Waals surface area contributed by atoms with E-state index in [1.165, 1.54) is 25.7 Å². The summed E-state index contributed by atoms with van der Waals surface area (Å²) in [6, 6.07) is 0. The molecule has 0 bridgehead atoms. The van der Waals surface area contributed by atoms with Crippen LogP contribution in [-0.2, 0) is 14.2 Å². The molecule has 3 unspecified atom stereocenters. The zero-order valence-electron chi connectivity index (χ0n) is 13.3. The lowest BCUT2D eigenvalue weighted by Gasteiger charge is -2.07. The van der Waals surface area contributed by atoms with Crippen LogP contribution < -0.4 is 0 Å². The Hall–Kier alpha value is -0.200. The van der Waals surface area contributed by atoms with Crippen LogP contribution in [0.2, 0.25) is 0 Å². The second-order valence-electron chi connectivity index (χ2n) is 5.82. The normalized spacial score (nSPS) is 24.1. The summed E-state index contributed by atoms with van der Waals surface area (Å²) in [6.45, 7) is 5.56. The van der Waals surface area contributed by atoms with E-state index in [2.05, 4.69) is 6.92 Å². The van der Waals surface area contributed by atoms with Crippen LogP contribution in [0.1, 0.15) is 51.9 Å². The number of aliphatic hydroxyl groups is 2. The average Bonchev–Trinajstić information content (AvgIpc) is 3.34. The largest absolute Gasteiger partial charge is 0.396 e. The first-order valence-corrected chi connectivity index (χ1v) is 8.36. The summed E-state index contributed by atoms with van der Waals surface area (Å²) in [6.07, 6.45) is 8.05. The van der Waals surface area contributed by atoms with Crippen molar-refractivity contribution in [2.75, 3.05) is 33.0 Å². The highest BCUT2D eigenvalue weighted by atomic mass is 16.6. The van der Waals surface area contributed by atoms with E-state index in [4.69, 9.17) is 19.3 Å². The van der Waals surface area contributed by atoms with Crippen LogP contribution in [-0.4, -0.2) is 61.6 Å². The van der Waals surface area contributed by atoms with Crippen LogP contribution in [0.3, 0.4) is 0 Å². The van der Waals surface area contributed by atoms with Crippen molar-refractivity contribution in [1.29, 1.82) is 0 Å². The van der Waals surface area contributed by atoms with E-state index in [9.17, 15) is 5.11 Å². The monoisotopic (exact) mass is 304 g/mol. The van der Waals surface area contributed by atoms with E-state index in [1.807, 2.05) is 0 Å². The van der Waals surface area contributed by atoms with E-state index in [0.29, 0.717) is 18.6 Å². The molecular formula is C16H32O5. The van der Waals surface area contributed by atoms with Crippen LogP contribution in [0.5, 0.6) is 0 Å². The lowest BCUT2D eigenvalue weighted by Crippen LogP contribution is -2.08. The molecule has 126 valence electrons. The van der Waals surface area contributed by atoms with Crippen LogP contribution in [0.4, 0.5) is 0 Å². The van der Waals surface area contributed by atoms with Crippen molar-refractivity contribution in [2.24, 2.45) is 0 Å². The van der Waals surface area contributed by atoms with Gasteiger partial charge in [-0.2, -0.15) is 0 Å². The van der Waals surface area contributed by atoms with Crippen molar-refractivity contribution in [3.63, 3.8) is 0 Å². The minimum Gasteiger partial charge on any atom is -0.396 e. The van der Waals surface area contributed by atoms with Gasteiger partial charge in [0.2, 0.25) is 0 Å². The third kappa shape index (κ3) is 13.2. The fourth-order valence-electron chi connectivity index (χ4n) is 1.94. The van der Waals surface area contributed by atoms with Gasteiger partial charge in [0.25, 0.3) is 0 Å². The Morgan fingerprint density at radius 3 is 2.05 bits per heavy atom. The third-order valence-electron chi connectivity index (χ3n) is 3.52. The molecule has 0 spiro atoms. The molecule has 2 aliphatic rings. The van der Waals surface area contributed by atoms with Crippen LogP contribution >= 0.6 is 0 Å². The van der Waals surface area contributed by atoms with E-state index < -0.39 is 0 Å². The third-order valence-corrected chi connectivity index (χ3v) is 3.52. The molecular weight excluding hydrogens is 272 g/mol. The Morgan fingerprint density at radius 2 is 1.57 bits per heavy atom. The first kappa shape index (κ1) is 18.8. The number of epoxide rings is 2. The van der Waals surface area contributed by atoms with Gasteiger partial charge in [0, 0.05) is 6.61 Å². The molecule has 0 amide bonds. The summed E-state index contributed by atoms with van der Waals surface area (Å²) in [4.78, 5) is 0. The molecule has 0 radical (unpaired) electrons. The van der Waals surface area contributed by atoms with Crippen molar-refractivity contribution < 1.29 is 24.4 Å². The van der Waals surface area contributed by atoms with Crippen molar-refractivity contribution in [3.05, 3.63) is 0 Å². The fourth-order valence-corrected chi connectivity index (χ4v) is 1.94. The Balaban J connectivity index is 0.000000216. The van der Waals surface area contributed by atoms with Gasteiger partial charge in [-0.05, 0) is 12.8 Å². The quantitative estimate of drug-likeness (QED) is 0.425. The first-order chi connectivity index (χ1) is 10.3. The molecule has 2 aliphatic heterocycles. The highest BCUT2D eigenvalue weighted by Gasteiger charge is 2.26. The topological polar surface area (TPSA) is 74.8 Å². The number of aliphatic hydroxyl groups excluding tert-OH is 2. The maximum absolute atomic E-state index is 9.25. The number of ether oxygens (including phenoxy) is 3. The van der Waals surface area contributed by atoms with Crippen LogP contribution in [0.25, 0.3) is 0 Å². The zero-order valence-corrected chi connectivity index (χ0v) is 13.3. The van der Waals surface area contributed by atoms with Crippen molar-refractivity contribution in [1.82, 2.24) is 0 Å². The predicted molar refractivity (Wildman–Crippen MR) is 81.4 cm³/mol. The SMILES string of the molecule is C(OCC1CO1)C1CO1.CCCCCCCC(O)CCO. The average molecular weight is 304 g/mol. The van der Waals surface area contributed by atoms with Gasteiger partial charge in [0.05, 0.1) is 32.5 Å². The molecule has 0 aromatic carbocycles. The molecule has 0 aliphatic carbocycles. The smallest absolute Gasteiger partial charge is 0.104 e. The predicted octanol–water partition coefficient (Wildman–Crippen LogP) is 1.89. The summed E-state index contributed by atoms with van der Waals surface area (Å²) in [5.74, 6) is 0. The molecule has 5 heteroatoms. The summed E-state index contributed by atoms with van der Waals surface area (Å²) in [7, 11) is 0. The maximum atomic E-state index is 9.25. The minimum absolute atomic E-state index is 0.107. The lowest BCUT2D eigenvalue weighted by atomic mass is 10.1. The second kappa shape index (κ2) is 12.4. The standard InChI is InChI=1S/C10H22O2.C6H10O3/c1-2-3-4-5-6-7-10(12)8-9-11;1(5-3-8-5)7-2-6-4-9-6/h10-12H,2-9H2,1H3;5-6H,1-4H2. The lowest BCUT2D eigenvalue weighted by molar-refractivity contribution is 0.102. The molecule has 0 aromatic rings. The molecule has 2 fully saturated rings. The molecule has 2 saturated heterocycles. The Bertz CT molecular complexity index is 217. The molecule has 2 heterocycles. The summed E-state index contributed by atoms with van der Waals surface area (Å²) in [5, 5.41) is 17.8. The first-order valence-electron chi connectivity index (χ1n) is 8.36. The Kier molecular flexibility index (Phi) is 11.1. The Labute approximate surface area is 128 Å². The second-order valence-corrected chi connectivity index (χ2v) is 5.82. The van der Waals surface area contributed by atoms with Gasteiger partial charge in [-0.3, -0.25) is 0 Å². The van der Waals surface area contributed by atoms with Gasteiger partial charge < -0.3 is 24.4 Å². The fraction of sp³-hybridized carbons (Fsp3) is 1.00.